The number of pyridine rings is 2. The van der Waals surface area contributed by atoms with Crippen LogP contribution in [0.5, 0.6) is 0 Å². The number of allylic oxidation sites excluding steroid dienone is 2. The molecule has 0 bridgehead atoms. The van der Waals surface area contributed by atoms with Crippen LogP contribution in [0.15, 0.2) is 103 Å². The topological polar surface area (TPSA) is 63.1 Å². The second-order valence-corrected chi connectivity index (χ2v) is 12.8. The zero-order valence-electron chi connectivity index (χ0n) is 32.9. The minimum atomic E-state index is -4.33. The van der Waals surface area contributed by atoms with Gasteiger partial charge in [0.15, 0.2) is 5.78 Å². The molecular formula is C44H49F3IrN2O2-2. The van der Waals surface area contributed by atoms with E-state index in [1.165, 1.54) is 5.56 Å². The van der Waals surface area contributed by atoms with Crippen molar-refractivity contribution in [3.8, 4) is 22.5 Å². The molecule has 0 saturated heterocycles. The average molecular weight is 889 g/mol. The third-order valence-electron chi connectivity index (χ3n) is 8.44. The number of hydrogen-bond donors (Lipinski definition) is 1. The Bertz CT molecular complexity index is 1910. The van der Waals surface area contributed by atoms with E-state index in [4.69, 9.17) is 2.74 Å². The maximum Gasteiger partial charge on any atom is 0.389 e. The van der Waals surface area contributed by atoms with Crippen LogP contribution < -0.4 is 0 Å². The number of fused-ring (bicyclic) bond motifs is 1. The zero-order chi connectivity index (χ0) is 39.3. The number of nitrogens with zero attached hydrogens (tertiary/aromatic N) is 2. The molecule has 279 valence electrons. The molecule has 0 aliphatic heterocycles. The molecule has 3 aromatic carbocycles. The molecule has 0 amide bonds. The third kappa shape index (κ3) is 13.8. The Morgan fingerprint density at radius 3 is 2.17 bits per heavy atom. The molecular weight excluding hydrogens is 838 g/mol. The number of halogens is 3. The predicted octanol–water partition coefficient (Wildman–Crippen LogP) is 12.4. The molecule has 2 aromatic heterocycles. The summed E-state index contributed by atoms with van der Waals surface area (Å²) in [5, 5.41) is 11.3. The number of benzene rings is 3. The summed E-state index contributed by atoms with van der Waals surface area (Å²) >= 11 is 0. The summed E-state index contributed by atoms with van der Waals surface area (Å²) in [7, 11) is 0. The van der Waals surface area contributed by atoms with Gasteiger partial charge in [0.25, 0.3) is 0 Å². The number of aliphatic hydroxyl groups is 1. The van der Waals surface area contributed by atoms with E-state index in [0.717, 1.165) is 50.5 Å². The van der Waals surface area contributed by atoms with Gasteiger partial charge in [-0.15, -0.1) is 70.8 Å². The van der Waals surface area contributed by atoms with Crippen molar-refractivity contribution in [3.05, 3.63) is 132 Å². The summed E-state index contributed by atoms with van der Waals surface area (Å²) in [4.78, 5) is 20.3. The second kappa shape index (κ2) is 21.4. The molecule has 1 N–H and O–H groups in total. The summed E-state index contributed by atoms with van der Waals surface area (Å²) in [5.74, 6) is -1.61. The number of ketones is 1. The Kier molecular flexibility index (Phi) is 16.7. The molecule has 8 heteroatoms. The van der Waals surface area contributed by atoms with Crippen molar-refractivity contribution < 1.29 is 45.9 Å². The Balaban J connectivity index is 0.000000291. The van der Waals surface area contributed by atoms with Crippen LogP contribution in [-0.4, -0.2) is 27.0 Å². The fourth-order valence-corrected chi connectivity index (χ4v) is 5.55. The van der Waals surface area contributed by atoms with Crippen molar-refractivity contribution in [1.29, 1.82) is 0 Å². The van der Waals surface area contributed by atoms with E-state index in [1.54, 1.807) is 13.1 Å². The standard InChI is InChI=1S/C20H20N.C13H21F3O2.C11H8N.Ir/c1-13(2)16-5-6-19-17(12-16)7-8-21-20(19)18-10-14(3)9-15(4)11-18;1-4-9(5-2)11(17)7-12(18)10(6-3)8-13(14,15)16;1-2-6-10(7-3-1)11-8-4-5-9-12-11;/h5-10,12-13H,1-4H3;7,9-10,18H,4-6,8H2,1-3H3;1-6,8-9H;/q-1;;-1;/b;12-7-;;/i7D,8D;;;. The van der Waals surface area contributed by atoms with Crippen molar-refractivity contribution in [1.82, 2.24) is 9.97 Å². The molecule has 1 radical (unpaired) electrons. The molecule has 1 atom stereocenters. The van der Waals surface area contributed by atoms with Crippen LogP contribution in [0.1, 0.15) is 85.7 Å². The van der Waals surface area contributed by atoms with Crippen molar-refractivity contribution in [2.45, 2.75) is 86.2 Å². The number of aliphatic hydroxyl groups excluding tert-OH is 1. The van der Waals surface area contributed by atoms with Gasteiger partial charge in [-0.2, -0.15) is 13.2 Å². The third-order valence-corrected chi connectivity index (χ3v) is 8.44. The molecule has 0 saturated carbocycles. The fraction of sp³-hybridized carbons (Fsp3) is 0.341. The van der Waals surface area contributed by atoms with E-state index in [0.29, 0.717) is 18.8 Å². The van der Waals surface area contributed by atoms with Gasteiger partial charge in [-0.1, -0.05) is 78.8 Å². The summed E-state index contributed by atoms with van der Waals surface area (Å²) < 4.78 is 53.0. The first-order chi connectivity index (χ1) is 25.1. The van der Waals surface area contributed by atoms with Crippen molar-refractivity contribution >= 4 is 16.6 Å². The molecule has 4 nitrogen and oxygen atoms in total. The van der Waals surface area contributed by atoms with Gasteiger partial charge in [-0.25, -0.2) is 0 Å². The van der Waals surface area contributed by atoms with Gasteiger partial charge < -0.3 is 15.1 Å². The minimum Gasteiger partial charge on any atom is -0.512 e. The quantitative estimate of drug-likeness (QED) is 0.0862. The number of rotatable bonds is 10. The van der Waals surface area contributed by atoms with Crippen molar-refractivity contribution in [2.24, 2.45) is 11.8 Å². The smallest absolute Gasteiger partial charge is 0.389 e. The molecule has 1 unspecified atom stereocenters. The van der Waals surface area contributed by atoms with Gasteiger partial charge in [0, 0.05) is 50.4 Å². The molecule has 0 fully saturated rings. The second-order valence-electron chi connectivity index (χ2n) is 12.8. The summed E-state index contributed by atoms with van der Waals surface area (Å²) in [6, 6.07) is 30.6. The van der Waals surface area contributed by atoms with E-state index in [-0.39, 0.29) is 50.4 Å². The fourth-order valence-electron chi connectivity index (χ4n) is 5.55. The monoisotopic (exact) mass is 889 g/mol. The van der Waals surface area contributed by atoms with Crippen LogP contribution in [0.3, 0.4) is 0 Å². The van der Waals surface area contributed by atoms with Gasteiger partial charge >= 0.3 is 6.18 Å². The molecule has 0 aliphatic carbocycles. The molecule has 0 spiro atoms. The Morgan fingerprint density at radius 1 is 0.923 bits per heavy atom. The first-order valence-electron chi connectivity index (χ1n) is 18.4. The van der Waals surface area contributed by atoms with Gasteiger partial charge in [0.05, 0.1) is 14.9 Å². The maximum absolute atomic E-state index is 12.3. The van der Waals surface area contributed by atoms with Crippen LogP contribution in [0.25, 0.3) is 33.3 Å². The maximum atomic E-state index is 12.3. The number of hydrogen-bond acceptors (Lipinski definition) is 4. The molecule has 5 rings (SSSR count). The predicted molar refractivity (Wildman–Crippen MR) is 202 cm³/mol. The number of aromatic nitrogens is 2. The molecule has 2 heterocycles. The summed E-state index contributed by atoms with van der Waals surface area (Å²) in [5.41, 5.74) is 7.01. The van der Waals surface area contributed by atoms with Crippen LogP contribution in [0, 0.1) is 37.8 Å². The first kappa shape index (κ1) is 40.6. The van der Waals surface area contributed by atoms with Gasteiger partial charge in [-0.05, 0) is 65.0 Å². The van der Waals surface area contributed by atoms with E-state index in [1.807, 2.05) is 88.4 Å². The van der Waals surface area contributed by atoms with Gasteiger partial charge in [-0.3, -0.25) is 4.79 Å². The number of aryl methyl sites for hydroxylation is 2. The number of carbonyl (C=O) groups excluding carboxylic acids is 1. The van der Waals surface area contributed by atoms with Crippen LogP contribution >= 0.6 is 0 Å². The zero-order valence-corrected chi connectivity index (χ0v) is 33.3. The van der Waals surface area contributed by atoms with E-state index in [2.05, 4.69) is 48.1 Å². The van der Waals surface area contributed by atoms with Crippen molar-refractivity contribution in [2.75, 3.05) is 0 Å². The molecule has 0 aliphatic rings. The first-order valence-corrected chi connectivity index (χ1v) is 17.4. The summed E-state index contributed by atoms with van der Waals surface area (Å²) in [6.45, 7) is 13.5. The number of carbonyl (C=O) groups is 1. The Hall–Kier alpha value is -4.13. The summed E-state index contributed by atoms with van der Waals surface area (Å²) in [6.07, 6.45) is -1.26. The Morgan fingerprint density at radius 2 is 1.62 bits per heavy atom. The van der Waals surface area contributed by atoms with Gasteiger partial charge in [0.1, 0.15) is 0 Å². The van der Waals surface area contributed by atoms with E-state index in [9.17, 15) is 23.1 Å². The number of alkyl halides is 3. The Labute approximate surface area is 323 Å². The van der Waals surface area contributed by atoms with Crippen molar-refractivity contribution in [3.63, 3.8) is 0 Å². The van der Waals surface area contributed by atoms with E-state index >= 15 is 0 Å². The largest absolute Gasteiger partial charge is 0.512 e. The van der Waals surface area contributed by atoms with Crippen LogP contribution in [0.4, 0.5) is 13.2 Å². The minimum absolute atomic E-state index is 0. The van der Waals surface area contributed by atoms with Crippen LogP contribution in [-0.2, 0) is 24.9 Å². The molecule has 52 heavy (non-hydrogen) atoms. The average Bonchev–Trinajstić information content (AvgIpc) is 3.13. The normalized spacial score (nSPS) is 12.5. The van der Waals surface area contributed by atoms with Gasteiger partial charge in [0.2, 0.25) is 0 Å². The SMILES string of the molecule is CCC(CC)C(=O)/C=C(\O)C(CC)CC(F)(F)F.[2H]c1nc(-c2[c-]c(C)cc(C)c2)c2ccc(C(C)C)cc2c1[2H].[Ir].[c-]1ccccc1-c1ccccn1. The van der Waals surface area contributed by atoms with E-state index < -0.39 is 24.3 Å². The molecule has 5 aromatic rings. The van der Waals surface area contributed by atoms with Crippen LogP contribution in [0.2, 0.25) is 0 Å².